The van der Waals surface area contributed by atoms with Crippen molar-refractivity contribution in [1.29, 1.82) is 0 Å². The second-order valence-corrected chi connectivity index (χ2v) is 17.0. The molecule has 8 N–H and O–H groups in total. The van der Waals surface area contributed by atoms with Crippen molar-refractivity contribution in [1.82, 2.24) is 35.6 Å². The van der Waals surface area contributed by atoms with E-state index in [2.05, 4.69) is 21.3 Å². The molecule has 0 saturated carbocycles. The van der Waals surface area contributed by atoms with Gasteiger partial charge in [-0.15, -0.1) is 0 Å². The standard InChI is InChI=1S/C41H60N8O12S2/c1-4-26(2)37(39(59)43-31(40(60)61)7-5-6-15-49-32(50)12-13-33(49)51)45-38(58)30(14-20-63-3)44-41(62)42-28-10-8-27(9-11-28)21-29-22-47(24-35(54)55)17-16-46(23-34(52)53)18-19-48(29)25-36(56)57/h8-13,26,29-31,37H,4-7,14-25H2,1-3H3,(H,43,59)(H,45,58)(H,52,53)(H,54,55)(H,56,57)(H,60,61)(H2,42,44,62). The van der Waals surface area contributed by atoms with Crippen LogP contribution in [0.4, 0.5) is 5.69 Å². The van der Waals surface area contributed by atoms with Gasteiger partial charge in [-0.05, 0) is 79.9 Å². The number of amides is 4. The summed E-state index contributed by atoms with van der Waals surface area (Å²) in [6.45, 7) is 4.21. The van der Waals surface area contributed by atoms with Crippen LogP contribution in [0.3, 0.4) is 0 Å². The highest BCUT2D eigenvalue weighted by Crippen LogP contribution is 2.18. The summed E-state index contributed by atoms with van der Waals surface area (Å²) in [5.74, 6) is -6.29. The number of rotatable bonds is 25. The van der Waals surface area contributed by atoms with Crippen LogP contribution in [-0.4, -0.2) is 188 Å². The molecule has 4 amide bonds. The number of thiocarbonyl (C=S) groups is 1. The molecule has 348 valence electrons. The molecule has 2 aliphatic heterocycles. The van der Waals surface area contributed by atoms with Crippen LogP contribution >= 0.6 is 24.0 Å². The number of imide groups is 1. The Balaban J connectivity index is 1.67. The van der Waals surface area contributed by atoms with E-state index in [-0.39, 0.29) is 69.8 Å². The Bertz CT molecular complexity index is 1800. The van der Waals surface area contributed by atoms with E-state index < -0.39 is 71.7 Å². The average molecular weight is 921 g/mol. The fourth-order valence-corrected chi connectivity index (χ4v) is 7.91. The number of benzene rings is 1. The van der Waals surface area contributed by atoms with E-state index in [0.717, 1.165) is 10.5 Å². The number of anilines is 1. The number of hydrogen-bond donors (Lipinski definition) is 8. The fraction of sp³-hybridized carbons (Fsp3) is 0.585. The average Bonchev–Trinajstić information content (AvgIpc) is 3.57. The van der Waals surface area contributed by atoms with Gasteiger partial charge >= 0.3 is 23.9 Å². The van der Waals surface area contributed by atoms with Gasteiger partial charge in [0, 0.05) is 63.1 Å². The highest BCUT2D eigenvalue weighted by atomic mass is 32.2. The number of unbranched alkanes of at least 4 members (excludes halogenated alkanes) is 1. The Labute approximate surface area is 376 Å². The van der Waals surface area contributed by atoms with Crippen LogP contribution in [0, 0.1) is 5.92 Å². The molecule has 1 aromatic rings. The van der Waals surface area contributed by atoms with Crippen molar-refractivity contribution in [2.75, 3.05) is 76.2 Å². The number of carboxylic acids is 4. The van der Waals surface area contributed by atoms with E-state index in [4.69, 9.17) is 12.2 Å². The van der Waals surface area contributed by atoms with Crippen molar-refractivity contribution in [2.45, 2.75) is 76.5 Å². The molecule has 0 aliphatic carbocycles. The van der Waals surface area contributed by atoms with E-state index in [1.165, 1.54) is 23.9 Å². The lowest BCUT2D eigenvalue weighted by atomic mass is 9.97. The molecular weight excluding hydrogens is 861 g/mol. The molecule has 1 fully saturated rings. The quantitative estimate of drug-likeness (QED) is 0.0374. The zero-order valence-electron chi connectivity index (χ0n) is 35.8. The molecule has 0 bridgehead atoms. The van der Waals surface area contributed by atoms with Crippen molar-refractivity contribution >= 4 is 82.3 Å². The maximum absolute atomic E-state index is 13.8. The SMILES string of the molecule is CCC(C)C(NC(=O)C(CCSC)NC(=S)Nc1ccc(CC2CN(CC(=O)O)CCN(CC(=O)O)CCN2CC(=O)O)cc1)C(=O)NC(CCCCN1C(=O)C=CC1=O)C(=O)O. The van der Waals surface area contributed by atoms with Crippen LogP contribution in [0.5, 0.6) is 0 Å². The zero-order valence-corrected chi connectivity index (χ0v) is 37.5. The van der Waals surface area contributed by atoms with Crippen molar-refractivity contribution in [2.24, 2.45) is 5.92 Å². The first kappa shape index (κ1) is 52.2. The van der Waals surface area contributed by atoms with Crippen molar-refractivity contribution in [3.05, 3.63) is 42.0 Å². The summed E-state index contributed by atoms with van der Waals surface area (Å²) in [6.07, 6.45) is 6.09. The number of thioether (sulfide) groups is 1. The van der Waals surface area contributed by atoms with E-state index >= 15 is 0 Å². The van der Waals surface area contributed by atoms with Gasteiger partial charge < -0.3 is 41.7 Å². The maximum atomic E-state index is 13.8. The fourth-order valence-electron chi connectivity index (χ4n) is 7.18. The van der Waals surface area contributed by atoms with Gasteiger partial charge in [0.1, 0.15) is 18.1 Å². The molecule has 63 heavy (non-hydrogen) atoms. The Morgan fingerprint density at radius 2 is 1.38 bits per heavy atom. The van der Waals surface area contributed by atoms with Crippen LogP contribution in [0.2, 0.25) is 0 Å². The Hall–Kier alpha value is -5.16. The minimum atomic E-state index is -1.27. The summed E-state index contributed by atoms with van der Waals surface area (Å²) < 4.78 is 0. The largest absolute Gasteiger partial charge is 0.480 e. The maximum Gasteiger partial charge on any atom is 0.326 e. The van der Waals surface area contributed by atoms with Crippen LogP contribution in [0.1, 0.15) is 51.5 Å². The number of aliphatic carboxylic acids is 4. The van der Waals surface area contributed by atoms with Crippen molar-refractivity contribution in [3.8, 4) is 0 Å². The van der Waals surface area contributed by atoms with Gasteiger partial charge in [0.2, 0.25) is 11.8 Å². The molecule has 2 heterocycles. The Morgan fingerprint density at radius 3 is 1.97 bits per heavy atom. The first-order valence-electron chi connectivity index (χ1n) is 20.8. The predicted octanol–water partition coefficient (Wildman–Crippen LogP) is 0.375. The highest BCUT2D eigenvalue weighted by Gasteiger charge is 2.33. The number of carbonyl (C=O) groups is 8. The van der Waals surface area contributed by atoms with Gasteiger partial charge in [-0.25, -0.2) is 4.79 Å². The third-order valence-corrected chi connectivity index (χ3v) is 11.7. The van der Waals surface area contributed by atoms with Gasteiger partial charge in [-0.3, -0.25) is 53.2 Å². The van der Waals surface area contributed by atoms with Gasteiger partial charge in [0.15, 0.2) is 5.11 Å². The molecule has 20 nitrogen and oxygen atoms in total. The lowest BCUT2D eigenvalue weighted by Crippen LogP contribution is -2.58. The minimum absolute atomic E-state index is 0.0366. The lowest BCUT2D eigenvalue weighted by molar-refractivity contribution is -0.143. The summed E-state index contributed by atoms with van der Waals surface area (Å²) in [5, 5.41) is 50.2. The molecule has 2 aliphatic rings. The first-order chi connectivity index (χ1) is 29.9. The van der Waals surface area contributed by atoms with Gasteiger partial charge in [0.25, 0.3) is 11.8 Å². The molecule has 1 aromatic carbocycles. The van der Waals surface area contributed by atoms with Crippen molar-refractivity contribution < 1.29 is 58.8 Å². The van der Waals surface area contributed by atoms with E-state index in [1.807, 2.05) is 25.3 Å². The molecule has 22 heteroatoms. The van der Waals surface area contributed by atoms with E-state index in [0.29, 0.717) is 50.1 Å². The lowest BCUT2D eigenvalue weighted by Gasteiger charge is -2.33. The predicted molar refractivity (Wildman–Crippen MR) is 238 cm³/mol. The van der Waals surface area contributed by atoms with E-state index in [1.54, 1.807) is 33.8 Å². The molecule has 5 unspecified atom stereocenters. The molecular formula is C41H60N8O12S2. The molecule has 0 aromatic heterocycles. The normalized spacial score (nSPS) is 18.3. The molecule has 0 radical (unpaired) electrons. The number of carbonyl (C=O) groups excluding carboxylic acids is 4. The topological polar surface area (TPSA) is 279 Å². The second-order valence-electron chi connectivity index (χ2n) is 15.6. The monoisotopic (exact) mass is 920 g/mol. The summed E-state index contributed by atoms with van der Waals surface area (Å²) >= 11 is 7.10. The number of nitrogens with zero attached hydrogens (tertiary/aromatic N) is 4. The zero-order chi connectivity index (χ0) is 46.6. The summed E-state index contributed by atoms with van der Waals surface area (Å²) in [6, 6.07) is 3.51. The number of nitrogens with one attached hydrogen (secondary N) is 4. The third-order valence-electron chi connectivity index (χ3n) is 10.8. The minimum Gasteiger partial charge on any atom is -0.480 e. The molecule has 0 spiro atoms. The van der Waals surface area contributed by atoms with Crippen LogP contribution < -0.4 is 21.3 Å². The smallest absolute Gasteiger partial charge is 0.326 e. The summed E-state index contributed by atoms with van der Waals surface area (Å²) in [5.41, 5.74) is 1.39. The third kappa shape index (κ3) is 18.2. The van der Waals surface area contributed by atoms with Crippen LogP contribution in [-0.2, 0) is 44.8 Å². The second kappa shape index (κ2) is 26.5. The molecule has 5 atom stereocenters. The van der Waals surface area contributed by atoms with Crippen LogP contribution in [0.15, 0.2) is 36.4 Å². The van der Waals surface area contributed by atoms with Crippen LogP contribution in [0.25, 0.3) is 0 Å². The molecule has 3 rings (SSSR count). The Kier molecular flexibility index (Phi) is 21.9. The highest BCUT2D eigenvalue weighted by molar-refractivity contribution is 7.98. The summed E-state index contributed by atoms with van der Waals surface area (Å²) in [4.78, 5) is 104. The summed E-state index contributed by atoms with van der Waals surface area (Å²) in [7, 11) is 0. The van der Waals surface area contributed by atoms with E-state index in [9.17, 15) is 58.8 Å². The number of carboxylic acid groups (broad SMARTS) is 4. The van der Waals surface area contributed by atoms with Crippen molar-refractivity contribution in [3.63, 3.8) is 0 Å². The Morgan fingerprint density at radius 1 is 0.778 bits per heavy atom. The first-order valence-corrected chi connectivity index (χ1v) is 22.6. The number of hydrogen-bond acceptors (Lipinski definition) is 13. The van der Waals surface area contributed by atoms with Gasteiger partial charge in [0.05, 0.1) is 19.6 Å². The van der Waals surface area contributed by atoms with Gasteiger partial charge in [-0.1, -0.05) is 32.4 Å². The van der Waals surface area contributed by atoms with Gasteiger partial charge in [-0.2, -0.15) is 11.8 Å². The molecule has 1 saturated heterocycles.